The molecule has 3 aromatic rings. The third-order valence-corrected chi connectivity index (χ3v) is 4.16. The summed E-state index contributed by atoms with van der Waals surface area (Å²) in [6, 6.07) is 14.3. The average Bonchev–Trinajstić information content (AvgIpc) is 2.73. The highest BCUT2D eigenvalue weighted by Gasteiger charge is 2.05. The van der Waals surface area contributed by atoms with Gasteiger partial charge >= 0.3 is 0 Å². The summed E-state index contributed by atoms with van der Waals surface area (Å²) in [7, 11) is 0. The number of aromatic nitrogens is 2. The van der Waals surface area contributed by atoms with Gasteiger partial charge in [-0.25, -0.2) is 0 Å². The molecule has 0 radical (unpaired) electrons. The molecule has 0 aliphatic rings. The molecular weight excluding hydrogens is 288 g/mol. The van der Waals surface area contributed by atoms with Crippen molar-refractivity contribution in [2.24, 2.45) is 0 Å². The quantitative estimate of drug-likeness (QED) is 0.682. The summed E-state index contributed by atoms with van der Waals surface area (Å²) in [5.41, 5.74) is 4.78. The molecule has 2 aromatic carbocycles. The Morgan fingerprint density at radius 1 is 1.20 bits per heavy atom. The molecule has 20 heavy (non-hydrogen) atoms. The van der Waals surface area contributed by atoms with E-state index in [1.807, 2.05) is 18.2 Å². The minimum atomic E-state index is 0.722. The second-order valence-corrected chi connectivity index (χ2v) is 5.74. The third kappa shape index (κ3) is 2.51. The van der Waals surface area contributed by atoms with Gasteiger partial charge in [0.25, 0.3) is 0 Å². The smallest absolute Gasteiger partial charge is 0.178 e. The van der Waals surface area contributed by atoms with Crippen LogP contribution in [0.5, 0.6) is 0 Å². The number of H-pyrrole nitrogens is 1. The van der Waals surface area contributed by atoms with Crippen molar-refractivity contribution in [3.8, 4) is 0 Å². The minimum Gasteiger partial charge on any atom is -0.331 e. The van der Waals surface area contributed by atoms with Gasteiger partial charge in [0.1, 0.15) is 0 Å². The molecule has 0 amide bonds. The summed E-state index contributed by atoms with van der Waals surface area (Å²) in [6.45, 7) is 3.01. The Bertz CT molecular complexity index is 817. The first kappa shape index (κ1) is 13.4. The van der Waals surface area contributed by atoms with Gasteiger partial charge in [-0.05, 0) is 54.9 Å². The Balaban J connectivity index is 1.94. The van der Waals surface area contributed by atoms with E-state index >= 15 is 0 Å². The molecule has 1 heterocycles. The van der Waals surface area contributed by atoms with E-state index in [0.29, 0.717) is 0 Å². The predicted molar refractivity (Wildman–Crippen MR) is 87.0 cm³/mol. The standard InChI is InChI=1S/C16H15ClN2S/c1-11-4-2-3-5-12(11)8-9-19-15-7-6-13(17)10-14(15)18-16(19)20/h2-7,10H,8-9H2,1H3,(H,18,20). The number of aryl methyl sites for hydroxylation is 3. The lowest BCUT2D eigenvalue weighted by atomic mass is 10.1. The van der Waals surface area contributed by atoms with Crippen LogP contribution in [0.25, 0.3) is 11.0 Å². The Labute approximate surface area is 128 Å². The van der Waals surface area contributed by atoms with Crippen molar-refractivity contribution in [2.45, 2.75) is 19.9 Å². The molecule has 0 unspecified atom stereocenters. The summed E-state index contributed by atoms with van der Waals surface area (Å²) >= 11 is 11.4. The number of aromatic amines is 1. The highest BCUT2D eigenvalue weighted by atomic mass is 35.5. The van der Waals surface area contributed by atoms with Crippen molar-refractivity contribution in [3.05, 3.63) is 63.4 Å². The molecule has 0 aliphatic carbocycles. The van der Waals surface area contributed by atoms with Gasteiger partial charge in [-0.15, -0.1) is 0 Å². The molecule has 0 bridgehead atoms. The van der Waals surface area contributed by atoms with Crippen LogP contribution in [0.15, 0.2) is 42.5 Å². The van der Waals surface area contributed by atoms with Crippen LogP contribution >= 0.6 is 23.8 Å². The van der Waals surface area contributed by atoms with Gasteiger partial charge in [0.2, 0.25) is 0 Å². The highest BCUT2D eigenvalue weighted by molar-refractivity contribution is 7.71. The Kier molecular flexibility index (Phi) is 3.64. The number of halogens is 1. The number of nitrogens with zero attached hydrogens (tertiary/aromatic N) is 1. The van der Waals surface area contributed by atoms with Crippen LogP contribution in [-0.2, 0) is 13.0 Å². The molecule has 1 N–H and O–H groups in total. The van der Waals surface area contributed by atoms with Gasteiger partial charge < -0.3 is 9.55 Å². The van der Waals surface area contributed by atoms with Gasteiger partial charge in [-0.2, -0.15) is 0 Å². The summed E-state index contributed by atoms with van der Waals surface area (Å²) in [6.07, 6.45) is 0.969. The zero-order chi connectivity index (χ0) is 14.1. The molecule has 4 heteroatoms. The van der Waals surface area contributed by atoms with Crippen LogP contribution in [0, 0.1) is 11.7 Å². The number of imidazole rings is 1. The molecule has 0 spiro atoms. The maximum absolute atomic E-state index is 6.01. The second kappa shape index (κ2) is 5.43. The van der Waals surface area contributed by atoms with E-state index in [2.05, 4.69) is 40.7 Å². The molecule has 0 saturated carbocycles. The number of hydrogen-bond donors (Lipinski definition) is 1. The molecule has 0 fully saturated rings. The summed E-state index contributed by atoms with van der Waals surface area (Å²) in [4.78, 5) is 3.21. The lowest BCUT2D eigenvalue weighted by molar-refractivity contribution is 0.704. The van der Waals surface area contributed by atoms with E-state index in [4.69, 9.17) is 23.8 Å². The molecule has 3 rings (SSSR count). The van der Waals surface area contributed by atoms with Gasteiger partial charge in [0.15, 0.2) is 4.77 Å². The van der Waals surface area contributed by atoms with E-state index in [9.17, 15) is 0 Å². The molecule has 102 valence electrons. The van der Waals surface area contributed by atoms with E-state index in [0.717, 1.165) is 33.8 Å². The van der Waals surface area contributed by atoms with Gasteiger partial charge in [0.05, 0.1) is 11.0 Å². The van der Waals surface area contributed by atoms with Gasteiger partial charge in [-0.3, -0.25) is 0 Å². The van der Waals surface area contributed by atoms with Crippen LogP contribution < -0.4 is 0 Å². The fraction of sp³-hybridized carbons (Fsp3) is 0.188. The van der Waals surface area contributed by atoms with Crippen molar-refractivity contribution >= 4 is 34.9 Å². The van der Waals surface area contributed by atoms with E-state index in [1.165, 1.54) is 11.1 Å². The van der Waals surface area contributed by atoms with E-state index in [-0.39, 0.29) is 0 Å². The predicted octanol–water partition coefficient (Wildman–Crippen LogP) is 4.90. The fourth-order valence-electron chi connectivity index (χ4n) is 2.48. The van der Waals surface area contributed by atoms with Gasteiger partial charge in [0, 0.05) is 11.6 Å². The molecular formula is C16H15ClN2S. The fourth-order valence-corrected chi connectivity index (χ4v) is 2.95. The lowest BCUT2D eigenvalue weighted by Crippen LogP contribution is -2.02. The number of rotatable bonds is 3. The molecule has 2 nitrogen and oxygen atoms in total. The number of benzene rings is 2. The van der Waals surface area contributed by atoms with Crippen LogP contribution in [0.3, 0.4) is 0 Å². The Morgan fingerprint density at radius 2 is 2.00 bits per heavy atom. The minimum absolute atomic E-state index is 0.722. The number of nitrogens with one attached hydrogen (secondary N) is 1. The first-order valence-electron chi connectivity index (χ1n) is 6.58. The van der Waals surface area contributed by atoms with Crippen molar-refractivity contribution in [2.75, 3.05) is 0 Å². The van der Waals surface area contributed by atoms with E-state index in [1.54, 1.807) is 0 Å². The molecule has 1 aromatic heterocycles. The SMILES string of the molecule is Cc1ccccc1CCn1c(=S)[nH]c2cc(Cl)ccc21. The van der Waals surface area contributed by atoms with Crippen LogP contribution in [0.2, 0.25) is 5.02 Å². The van der Waals surface area contributed by atoms with Gasteiger partial charge in [-0.1, -0.05) is 35.9 Å². The largest absolute Gasteiger partial charge is 0.331 e. The molecule has 0 atom stereocenters. The number of fused-ring (bicyclic) bond motifs is 1. The maximum Gasteiger partial charge on any atom is 0.178 e. The second-order valence-electron chi connectivity index (χ2n) is 4.92. The van der Waals surface area contributed by atoms with Crippen molar-refractivity contribution < 1.29 is 0 Å². The first-order valence-corrected chi connectivity index (χ1v) is 7.36. The van der Waals surface area contributed by atoms with Crippen molar-refractivity contribution in [1.82, 2.24) is 9.55 Å². The Hall–Kier alpha value is -1.58. The zero-order valence-electron chi connectivity index (χ0n) is 11.2. The summed E-state index contributed by atoms with van der Waals surface area (Å²) in [5, 5.41) is 0.722. The summed E-state index contributed by atoms with van der Waals surface area (Å²) < 4.78 is 2.88. The highest BCUT2D eigenvalue weighted by Crippen LogP contribution is 2.20. The van der Waals surface area contributed by atoms with Crippen LogP contribution in [0.1, 0.15) is 11.1 Å². The first-order chi connectivity index (χ1) is 9.65. The van der Waals surface area contributed by atoms with Crippen molar-refractivity contribution in [3.63, 3.8) is 0 Å². The molecule has 0 saturated heterocycles. The van der Waals surface area contributed by atoms with Crippen LogP contribution in [-0.4, -0.2) is 9.55 Å². The normalized spacial score (nSPS) is 11.1. The van der Waals surface area contributed by atoms with Crippen molar-refractivity contribution in [1.29, 1.82) is 0 Å². The lowest BCUT2D eigenvalue weighted by Gasteiger charge is -2.07. The average molecular weight is 303 g/mol. The van der Waals surface area contributed by atoms with Crippen LogP contribution in [0.4, 0.5) is 0 Å². The topological polar surface area (TPSA) is 20.7 Å². The molecule has 0 aliphatic heterocycles. The maximum atomic E-state index is 6.01. The van der Waals surface area contributed by atoms with E-state index < -0.39 is 0 Å². The number of hydrogen-bond acceptors (Lipinski definition) is 1. The zero-order valence-corrected chi connectivity index (χ0v) is 12.8. The summed E-state index contributed by atoms with van der Waals surface area (Å²) in [5.74, 6) is 0. The Morgan fingerprint density at radius 3 is 2.80 bits per heavy atom. The third-order valence-electron chi connectivity index (χ3n) is 3.60. The monoisotopic (exact) mass is 302 g/mol.